The van der Waals surface area contributed by atoms with Crippen molar-refractivity contribution in [3.05, 3.63) is 58.1 Å². The minimum Gasteiger partial charge on any atom is -0.455 e. The van der Waals surface area contributed by atoms with Crippen LogP contribution >= 0.6 is 15.9 Å². The van der Waals surface area contributed by atoms with Gasteiger partial charge >= 0.3 is 5.97 Å². The van der Waals surface area contributed by atoms with Crippen LogP contribution in [0.3, 0.4) is 0 Å². The van der Waals surface area contributed by atoms with E-state index >= 15 is 0 Å². The van der Waals surface area contributed by atoms with Crippen LogP contribution in [0.25, 0.3) is 0 Å². The molecule has 28 heavy (non-hydrogen) atoms. The summed E-state index contributed by atoms with van der Waals surface area (Å²) in [6, 6.07) is 13.0. The Morgan fingerprint density at radius 2 is 1.89 bits per heavy atom. The minimum absolute atomic E-state index is 0.0835. The van der Waals surface area contributed by atoms with Crippen molar-refractivity contribution in [1.82, 2.24) is 0 Å². The van der Waals surface area contributed by atoms with Crippen LogP contribution in [0.1, 0.15) is 17.5 Å². The van der Waals surface area contributed by atoms with E-state index in [4.69, 9.17) is 4.74 Å². The maximum Gasteiger partial charge on any atom is 0.311 e. The summed E-state index contributed by atoms with van der Waals surface area (Å²) < 4.78 is 6.05. The highest BCUT2D eigenvalue weighted by Gasteiger charge is 2.36. The van der Waals surface area contributed by atoms with Gasteiger partial charge in [-0.1, -0.05) is 33.6 Å². The number of aryl methyl sites for hydroxylation is 2. The molecule has 1 fully saturated rings. The van der Waals surface area contributed by atoms with E-state index in [0.29, 0.717) is 5.69 Å². The second-order valence-corrected chi connectivity index (χ2v) is 7.77. The minimum atomic E-state index is -0.573. The number of hydrogen-bond donors (Lipinski definition) is 1. The van der Waals surface area contributed by atoms with Gasteiger partial charge < -0.3 is 15.0 Å². The number of hydrogen-bond acceptors (Lipinski definition) is 4. The van der Waals surface area contributed by atoms with Gasteiger partial charge in [0, 0.05) is 28.8 Å². The van der Waals surface area contributed by atoms with Gasteiger partial charge in [-0.2, -0.15) is 0 Å². The van der Waals surface area contributed by atoms with Crippen LogP contribution in [0.5, 0.6) is 0 Å². The number of carbonyl (C=O) groups is 3. The molecule has 7 heteroatoms. The SMILES string of the molecule is Cc1ccc(N2C[C@@H](C(=O)OCC(=O)Nc3ccc(Br)cc3C)CC2=O)cc1. The molecule has 2 aromatic rings. The van der Waals surface area contributed by atoms with Crippen molar-refractivity contribution >= 4 is 45.1 Å². The predicted molar refractivity (Wildman–Crippen MR) is 110 cm³/mol. The van der Waals surface area contributed by atoms with Crippen molar-refractivity contribution in [1.29, 1.82) is 0 Å². The molecule has 0 aromatic heterocycles. The molecule has 0 radical (unpaired) electrons. The molecule has 0 spiro atoms. The molecule has 146 valence electrons. The highest BCUT2D eigenvalue weighted by atomic mass is 79.9. The number of amides is 2. The lowest BCUT2D eigenvalue weighted by Gasteiger charge is -2.16. The Balaban J connectivity index is 1.53. The number of halogens is 1. The average Bonchev–Trinajstić information content (AvgIpc) is 3.04. The predicted octanol–water partition coefficient (Wildman–Crippen LogP) is 3.60. The summed E-state index contributed by atoms with van der Waals surface area (Å²) >= 11 is 3.37. The fourth-order valence-electron chi connectivity index (χ4n) is 3.05. The topological polar surface area (TPSA) is 75.7 Å². The third-order valence-electron chi connectivity index (χ3n) is 4.61. The van der Waals surface area contributed by atoms with E-state index in [0.717, 1.165) is 21.3 Å². The molecule has 0 bridgehead atoms. The zero-order chi connectivity index (χ0) is 20.3. The molecule has 6 nitrogen and oxygen atoms in total. The molecule has 1 heterocycles. The molecule has 0 saturated carbocycles. The maximum atomic E-state index is 12.3. The zero-order valence-corrected chi connectivity index (χ0v) is 17.3. The second kappa shape index (κ2) is 8.56. The molecule has 1 saturated heterocycles. The Hall–Kier alpha value is -2.67. The van der Waals surface area contributed by atoms with Crippen LogP contribution in [0.15, 0.2) is 46.9 Å². The Bertz CT molecular complexity index is 911. The number of nitrogens with one attached hydrogen (secondary N) is 1. The van der Waals surface area contributed by atoms with Crippen molar-refractivity contribution < 1.29 is 19.1 Å². The first-order valence-electron chi connectivity index (χ1n) is 8.93. The van der Waals surface area contributed by atoms with Crippen molar-refractivity contribution in [3.63, 3.8) is 0 Å². The lowest BCUT2D eigenvalue weighted by atomic mass is 10.1. The number of ether oxygens (including phenoxy) is 1. The summed E-state index contributed by atoms with van der Waals surface area (Å²) in [5.74, 6) is -1.65. The highest BCUT2D eigenvalue weighted by molar-refractivity contribution is 9.10. The largest absolute Gasteiger partial charge is 0.455 e. The number of esters is 1. The summed E-state index contributed by atoms with van der Waals surface area (Å²) in [7, 11) is 0. The van der Waals surface area contributed by atoms with E-state index in [-0.39, 0.29) is 25.5 Å². The number of rotatable bonds is 5. The first-order chi connectivity index (χ1) is 13.3. The van der Waals surface area contributed by atoms with Crippen molar-refractivity contribution in [2.75, 3.05) is 23.4 Å². The van der Waals surface area contributed by atoms with Crippen LogP contribution < -0.4 is 10.2 Å². The Morgan fingerprint density at radius 1 is 1.18 bits per heavy atom. The van der Waals surface area contributed by atoms with E-state index in [9.17, 15) is 14.4 Å². The van der Waals surface area contributed by atoms with Gasteiger partial charge in [-0.05, 0) is 49.7 Å². The molecule has 2 aromatic carbocycles. The fraction of sp³-hybridized carbons (Fsp3) is 0.286. The van der Waals surface area contributed by atoms with E-state index < -0.39 is 17.8 Å². The van der Waals surface area contributed by atoms with Gasteiger partial charge in [0.1, 0.15) is 0 Å². The van der Waals surface area contributed by atoms with E-state index in [2.05, 4.69) is 21.2 Å². The quantitative estimate of drug-likeness (QED) is 0.714. The Morgan fingerprint density at radius 3 is 2.57 bits per heavy atom. The monoisotopic (exact) mass is 444 g/mol. The molecular formula is C21H21BrN2O4. The molecule has 3 rings (SSSR count). The van der Waals surface area contributed by atoms with E-state index in [1.807, 2.05) is 50.2 Å². The fourth-order valence-corrected chi connectivity index (χ4v) is 3.52. The maximum absolute atomic E-state index is 12.3. The molecule has 0 aliphatic carbocycles. The van der Waals surface area contributed by atoms with Gasteiger partial charge in [0.2, 0.25) is 5.91 Å². The third-order valence-corrected chi connectivity index (χ3v) is 5.11. The summed E-state index contributed by atoms with van der Waals surface area (Å²) in [4.78, 5) is 38.2. The van der Waals surface area contributed by atoms with Crippen molar-refractivity contribution in [3.8, 4) is 0 Å². The molecule has 0 unspecified atom stereocenters. The standard InChI is InChI=1S/C21H21BrN2O4/c1-13-3-6-17(7-4-13)24-11-15(10-20(24)26)21(27)28-12-19(25)23-18-8-5-16(22)9-14(18)2/h3-9,15H,10-12H2,1-2H3,(H,23,25)/t15-/m0/s1. The molecule has 1 aliphatic rings. The first-order valence-corrected chi connectivity index (χ1v) is 9.72. The van der Waals surface area contributed by atoms with Gasteiger partial charge in [0.25, 0.3) is 5.91 Å². The summed E-state index contributed by atoms with van der Waals surface area (Å²) in [5, 5.41) is 2.72. The van der Waals surface area contributed by atoms with Crippen LogP contribution in [-0.2, 0) is 19.1 Å². The lowest BCUT2D eigenvalue weighted by Crippen LogP contribution is -2.28. The van der Waals surface area contributed by atoms with Gasteiger partial charge in [0.15, 0.2) is 6.61 Å². The number of carbonyl (C=O) groups excluding carboxylic acids is 3. The van der Waals surface area contributed by atoms with Gasteiger partial charge in [0.05, 0.1) is 5.92 Å². The zero-order valence-electron chi connectivity index (χ0n) is 15.7. The highest BCUT2D eigenvalue weighted by Crippen LogP contribution is 2.26. The first kappa shape index (κ1) is 20.1. The molecule has 1 atom stereocenters. The Kier molecular flexibility index (Phi) is 6.14. The molecule has 2 amide bonds. The van der Waals surface area contributed by atoms with Gasteiger partial charge in [-0.25, -0.2) is 0 Å². The van der Waals surface area contributed by atoms with Crippen LogP contribution in [0.4, 0.5) is 11.4 Å². The van der Waals surface area contributed by atoms with E-state index in [1.165, 1.54) is 0 Å². The number of nitrogens with zero attached hydrogens (tertiary/aromatic N) is 1. The number of anilines is 2. The van der Waals surface area contributed by atoms with Crippen LogP contribution in [-0.4, -0.2) is 30.9 Å². The summed E-state index contributed by atoms with van der Waals surface area (Å²) in [5.41, 5.74) is 3.41. The smallest absolute Gasteiger partial charge is 0.311 e. The van der Waals surface area contributed by atoms with Crippen LogP contribution in [0.2, 0.25) is 0 Å². The third kappa shape index (κ3) is 4.78. The second-order valence-electron chi connectivity index (χ2n) is 6.86. The van der Waals surface area contributed by atoms with Crippen molar-refractivity contribution in [2.24, 2.45) is 5.92 Å². The Labute approximate surface area is 172 Å². The number of benzene rings is 2. The summed E-state index contributed by atoms with van der Waals surface area (Å²) in [6.07, 6.45) is 0.0835. The normalized spacial score (nSPS) is 16.2. The summed E-state index contributed by atoms with van der Waals surface area (Å²) in [6.45, 7) is 3.71. The van der Waals surface area contributed by atoms with Crippen LogP contribution in [0, 0.1) is 19.8 Å². The average molecular weight is 445 g/mol. The van der Waals surface area contributed by atoms with Gasteiger partial charge in [-0.15, -0.1) is 0 Å². The van der Waals surface area contributed by atoms with E-state index in [1.54, 1.807) is 11.0 Å². The van der Waals surface area contributed by atoms with Crippen molar-refractivity contribution in [2.45, 2.75) is 20.3 Å². The molecule has 1 aliphatic heterocycles. The van der Waals surface area contributed by atoms with Gasteiger partial charge in [-0.3, -0.25) is 14.4 Å². The molecular weight excluding hydrogens is 424 g/mol. The molecule has 1 N–H and O–H groups in total. The lowest BCUT2D eigenvalue weighted by molar-refractivity contribution is -0.151.